The van der Waals surface area contributed by atoms with E-state index < -0.39 is 24.0 Å². The lowest BCUT2D eigenvalue weighted by molar-refractivity contribution is -0.146. The zero-order valence-corrected chi connectivity index (χ0v) is 13.0. The lowest BCUT2D eigenvalue weighted by Crippen LogP contribution is -2.42. The highest BCUT2D eigenvalue weighted by Gasteiger charge is 2.38. The van der Waals surface area contributed by atoms with Crippen molar-refractivity contribution >= 4 is 17.8 Å². The number of tetrazole rings is 1. The van der Waals surface area contributed by atoms with Crippen molar-refractivity contribution in [2.24, 2.45) is 13.0 Å². The van der Waals surface area contributed by atoms with E-state index >= 15 is 0 Å². The minimum Gasteiger partial charge on any atom is -0.466 e. The molecule has 1 aliphatic rings. The normalized spacial score (nSPS) is 21.0. The molecule has 0 bridgehead atoms. The number of aryl methyl sites for hydroxylation is 1. The summed E-state index contributed by atoms with van der Waals surface area (Å²) in [5.41, 5.74) is 0. The zero-order valence-electron chi connectivity index (χ0n) is 13.0. The van der Waals surface area contributed by atoms with Gasteiger partial charge in [-0.25, -0.2) is 4.79 Å². The Hall–Kier alpha value is -2.52. The largest absolute Gasteiger partial charge is 0.466 e. The standard InChI is InChI=1S/C13H19N5O5/c1-3-23-11(20)7-10(19)8-4-5-18(13(21)22)9(6-8)12-14-16-17(2)15-12/h8-9H,3-7H2,1-2H3,(H,21,22). The minimum absolute atomic E-state index is 0.178. The smallest absolute Gasteiger partial charge is 0.407 e. The molecule has 0 radical (unpaired) electrons. The molecule has 126 valence electrons. The van der Waals surface area contributed by atoms with Crippen molar-refractivity contribution in [3.8, 4) is 0 Å². The van der Waals surface area contributed by atoms with Gasteiger partial charge in [-0.05, 0) is 25.0 Å². The van der Waals surface area contributed by atoms with Crippen molar-refractivity contribution in [2.75, 3.05) is 13.2 Å². The number of carbonyl (C=O) groups excluding carboxylic acids is 2. The van der Waals surface area contributed by atoms with Gasteiger partial charge >= 0.3 is 12.1 Å². The van der Waals surface area contributed by atoms with Crippen LogP contribution in [0.1, 0.15) is 38.1 Å². The van der Waals surface area contributed by atoms with E-state index in [-0.39, 0.29) is 37.6 Å². The van der Waals surface area contributed by atoms with Crippen LogP contribution in [-0.4, -0.2) is 61.2 Å². The van der Waals surface area contributed by atoms with Crippen LogP contribution in [0.3, 0.4) is 0 Å². The van der Waals surface area contributed by atoms with E-state index in [0.717, 1.165) is 0 Å². The summed E-state index contributed by atoms with van der Waals surface area (Å²) >= 11 is 0. The number of piperidine rings is 1. The quantitative estimate of drug-likeness (QED) is 0.599. The predicted octanol–water partition coefficient (Wildman–Crippen LogP) is 0.163. The maximum Gasteiger partial charge on any atom is 0.407 e. The fraction of sp³-hybridized carbons (Fsp3) is 0.692. The molecular weight excluding hydrogens is 306 g/mol. The molecule has 0 spiro atoms. The zero-order chi connectivity index (χ0) is 17.0. The van der Waals surface area contributed by atoms with Crippen LogP contribution in [0.15, 0.2) is 0 Å². The Balaban J connectivity index is 2.10. The van der Waals surface area contributed by atoms with Crippen molar-refractivity contribution in [1.29, 1.82) is 0 Å². The molecule has 0 aliphatic carbocycles. The second-order valence-corrected chi connectivity index (χ2v) is 5.30. The fourth-order valence-electron chi connectivity index (χ4n) is 2.66. The van der Waals surface area contributed by atoms with Gasteiger partial charge in [-0.15, -0.1) is 10.2 Å². The van der Waals surface area contributed by atoms with Crippen molar-refractivity contribution in [2.45, 2.75) is 32.2 Å². The van der Waals surface area contributed by atoms with Crippen LogP contribution in [0.4, 0.5) is 4.79 Å². The molecular formula is C13H19N5O5. The van der Waals surface area contributed by atoms with E-state index in [0.29, 0.717) is 6.42 Å². The van der Waals surface area contributed by atoms with E-state index in [4.69, 9.17) is 4.74 Å². The highest BCUT2D eigenvalue weighted by atomic mass is 16.5. The van der Waals surface area contributed by atoms with Gasteiger partial charge in [0.15, 0.2) is 5.82 Å². The van der Waals surface area contributed by atoms with E-state index in [1.54, 1.807) is 14.0 Å². The summed E-state index contributed by atoms with van der Waals surface area (Å²) in [5.74, 6) is -0.984. The number of Topliss-reactive ketones (excluding diaryl/α,β-unsaturated/α-hetero) is 1. The van der Waals surface area contributed by atoms with Crippen molar-refractivity contribution in [1.82, 2.24) is 25.1 Å². The summed E-state index contributed by atoms with van der Waals surface area (Å²) in [4.78, 5) is 37.5. The van der Waals surface area contributed by atoms with Gasteiger partial charge < -0.3 is 9.84 Å². The molecule has 10 heteroatoms. The van der Waals surface area contributed by atoms with Crippen LogP contribution in [0.2, 0.25) is 0 Å². The molecule has 1 amide bonds. The first-order chi connectivity index (χ1) is 10.9. The Kier molecular flexibility index (Phi) is 5.24. The molecule has 2 unspecified atom stereocenters. The van der Waals surface area contributed by atoms with Crippen LogP contribution in [0.5, 0.6) is 0 Å². The summed E-state index contributed by atoms with van der Waals surface area (Å²) in [6, 6.07) is -0.647. The first kappa shape index (κ1) is 16.8. The number of nitrogens with zero attached hydrogens (tertiary/aromatic N) is 5. The molecule has 1 aromatic heterocycles. The third-order valence-corrected chi connectivity index (χ3v) is 3.75. The Morgan fingerprint density at radius 1 is 1.39 bits per heavy atom. The Morgan fingerprint density at radius 2 is 2.13 bits per heavy atom. The molecule has 2 atom stereocenters. The van der Waals surface area contributed by atoms with E-state index in [9.17, 15) is 19.5 Å². The number of hydrogen-bond donors (Lipinski definition) is 1. The van der Waals surface area contributed by atoms with Crippen LogP contribution in [0, 0.1) is 5.92 Å². The maximum absolute atomic E-state index is 12.2. The van der Waals surface area contributed by atoms with Crippen LogP contribution < -0.4 is 0 Å². The van der Waals surface area contributed by atoms with Gasteiger partial charge in [-0.1, -0.05) is 0 Å². The lowest BCUT2D eigenvalue weighted by atomic mass is 9.86. The van der Waals surface area contributed by atoms with Gasteiger partial charge in [0.05, 0.1) is 19.7 Å². The summed E-state index contributed by atoms with van der Waals surface area (Å²) in [6.45, 7) is 2.07. The average molecular weight is 325 g/mol. The van der Waals surface area contributed by atoms with Gasteiger partial charge in [0.25, 0.3) is 0 Å². The van der Waals surface area contributed by atoms with E-state index in [1.165, 1.54) is 9.70 Å². The fourth-order valence-corrected chi connectivity index (χ4v) is 2.66. The molecule has 1 aromatic rings. The number of hydrogen-bond acceptors (Lipinski definition) is 7. The monoisotopic (exact) mass is 325 g/mol. The summed E-state index contributed by atoms with van der Waals surface area (Å²) in [7, 11) is 1.58. The second-order valence-electron chi connectivity index (χ2n) is 5.30. The van der Waals surface area contributed by atoms with Crippen molar-refractivity contribution in [3.63, 3.8) is 0 Å². The Morgan fingerprint density at radius 3 is 2.70 bits per heavy atom. The maximum atomic E-state index is 12.2. The van der Waals surface area contributed by atoms with Crippen LogP contribution in [-0.2, 0) is 21.4 Å². The molecule has 1 N–H and O–H groups in total. The highest BCUT2D eigenvalue weighted by molar-refractivity contribution is 5.96. The molecule has 2 rings (SSSR count). The number of esters is 1. The van der Waals surface area contributed by atoms with Crippen molar-refractivity contribution in [3.05, 3.63) is 5.82 Å². The van der Waals surface area contributed by atoms with E-state index in [1.807, 2.05) is 0 Å². The number of carbonyl (C=O) groups is 3. The second kappa shape index (κ2) is 7.16. The van der Waals surface area contributed by atoms with Gasteiger partial charge in [0.1, 0.15) is 12.2 Å². The Labute approximate surface area is 132 Å². The van der Waals surface area contributed by atoms with Crippen LogP contribution >= 0.6 is 0 Å². The molecule has 23 heavy (non-hydrogen) atoms. The number of rotatable bonds is 5. The number of aromatic nitrogens is 4. The number of carboxylic acid groups (broad SMARTS) is 1. The lowest BCUT2D eigenvalue weighted by Gasteiger charge is -2.35. The molecule has 0 saturated carbocycles. The minimum atomic E-state index is -1.10. The molecule has 0 aromatic carbocycles. The van der Waals surface area contributed by atoms with Crippen molar-refractivity contribution < 1.29 is 24.2 Å². The van der Waals surface area contributed by atoms with E-state index in [2.05, 4.69) is 15.4 Å². The molecule has 2 heterocycles. The van der Waals surface area contributed by atoms with Gasteiger partial charge in [0.2, 0.25) is 0 Å². The summed E-state index contributed by atoms with van der Waals surface area (Å²) in [5, 5.41) is 20.9. The summed E-state index contributed by atoms with van der Waals surface area (Å²) in [6.07, 6.45) is -0.803. The Bertz CT molecular complexity index is 601. The number of ether oxygens (including phenoxy) is 1. The first-order valence-corrected chi connectivity index (χ1v) is 7.34. The highest BCUT2D eigenvalue weighted by Crippen LogP contribution is 2.33. The van der Waals surface area contributed by atoms with Gasteiger partial charge in [-0.2, -0.15) is 4.80 Å². The number of ketones is 1. The van der Waals surface area contributed by atoms with Gasteiger partial charge in [-0.3, -0.25) is 14.5 Å². The van der Waals surface area contributed by atoms with Crippen LogP contribution in [0.25, 0.3) is 0 Å². The molecule has 1 fully saturated rings. The third-order valence-electron chi connectivity index (χ3n) is 3.75. The number of likely N-dealkylation sites (tertiary alicyclic amines) is 1. The number of amides is 1. The average Bonchev–Trinajstić information content (AvgIpc) is 2.93. The predicted molar refractivity (Wildman–Crippen MR) is 75.3 cm³/mol. The topological polar surface area (TPSA) is 128 Å². The molecule has 10 nitrogen and oxygen atoms in total. The van der Waals surface area contributed by atoms with Gasteiger partial charge in [0, 0.05) is 12.5 Å². The SMILES string of the molecule is CCOC(=O)CC(=O)C1CCN(C(=O)O)C(c2nnn(C)n2)C1. The first-order valence-electron chi connectivity index (χ1n) is 7.34. The molecule has 1 aliphatic heterocycles. The molecule has 1 saturated heterocycles. The third kappa shape index (κ3) is 4.02. The summed E-state index contributed by atoms with van der Waals surface area (Å²) < 4.78 is 4.78.